The van der Waals surface area contributed by atoms with Gasteiger partial charge in [0.15, 0.2) is 0 Å². The van der Waals surface area contributed by atoms with Crippen LogP contribution in [0.3, 0.4) is 0 Å². The summed E-state index contributed by atoms with van der Waals surface area (Å²) in [5.74, 6) is 0.716. The van der Waals surface area contributed by atoms with Crippen LogP contribution >= 0.6 is 15.9 Å². The molecule has 1 saturated heterocycles. The SMILES string of the molecule is Cn1ncc(N(CC2CCNCC2)C2CC2)c(Br)c1=O. The third-order valence-corrected chi connectivity index (χ3v) is 5.02. The number of nitrogens with zero attached hydrogens (tertiary/aromatic N) is 3. The Bertz CT molecular complexity index is 534. The highest BCUT2D eigenvalue weighted by Gasteiger charge is 2.33. The largest absolute Gasteiger partial charge is 0.366 e. The maximum atomic E-state index is 12.0. The summed E-state index contributed by atoms with van der Waals surface area (Å²) < 4.78 is 2.03. The third-order valence-electron chi connectivity index (χ3n) is 4.27. The number of rotatable bonds is 4. The number of aryl methyl sites for hydroxylation is 1. The molecule has 5 nitrogen and oxygen atoms in total. The third kappa shape index (κ3) is 2.91. The molecule has 0 amide bonds. The van der Waals surface area contributed by atoms with Gasteiger partial charge in [0.25, 0.3) is 5.56 Å². The Morgan fingerprint density at radius 1 is 1.40 bits per heavy atom. The maximum absolute atomic E-state index is 12.0. The molecule has 0 spiro atoms. The van der Waals surface area contributed by atoms with Crippen LogP contribution in [-0.4, -0.2) is 35.5 Å². The van der Waals surface area contributed by atoms with Crippen LogP contribution < -0.4 is 15.8 Å². The van der Waals surface area contributed by atoms with Gasteiger partial charge < -0.3 is 10.2 Å². The number of hydrogen-bond acceptors (Lipinski definition) is 4. The molecule has 1 saturated carbocycles. The smallest absolute Gasteiger partial charge is 0.282 e. The molecule has 0 radical (unpaired) electrons. The highest BCUT2D eigenvalue weighted by Crippen LogP contribution is 2.35. The summed E-state index contributed by atoms with van der Waals surface area (Å²) in [7, 11) is 1.69. The summed E-state index contributed by atoms with van der Waals surface area (Å²) in [6, 6.07) is 0.593. The van der Waals surface area contributed by atoms with Crippen molar-refractivity contribution in [1.82, 2.24) is 15.1 Å². The average molecular weight is 341 g/mol. The van der Waals surface area contributed by atoms with E-state index in [9.17, 15) is 4.79 Å². The van der Waals surface area contributed by atoms with E-state index in [1.807, 2.05) is 6.20 Å². The van der Waals surface area contributed by atoms with Gasteiger partial charge in [0.1, 0.15) is 4.47 Å². The van der Waals surface area contributed by atoms with E-state index < -0.39 is 0 Å². The van der Waals surface area contributed by atoms with Gasteiger partial charge in [-0.2, -0.15) is 5.10 Å². The fraction of sp³-hybridized carbons (Fsp3) is 0.714. The van der Waals surface area contributed by atoms with Gasteiger partial charge in [-0.05, 0) is 60.6 Å². The van der Waals surface area contributed by atoms with Gasteiger partial charge in [0, 0.05) is 19.6 Å². The van der Waals surface area contributed by atoms with Crippen molar-refractivity contribution in [1.29, 1.82) is 0 Å². The summed E-state index contributed by atoms with van der Waals surface area (Å²) in [6.07, 6.45) is 6.72. The van der Waals surface area contributed by atoms with Crippen LogP contribution in [-0.2, 0) is 7.05 Å². The van der Waals surface area contributed by atoms with Crippen LogP contribution in [0.4, 0.5) is 5.69 Å². The van der Waals surface area contributed by atoms with Crippen LogP contribution in [0.2, 0.25) is 0 Å². The molecule has 0 unspecified atom stereocenters. The van der Waals surface area contributed by atoms with Crippen molar-refractivity contribution in [3.8, 4) is 0 Å². The predicted molar refractivity (Wildman–Crippen MR) is 83.1 cm³/mol. The Morgan fingerprint density at radius 3 is 2.75 bits per heavy atom. The number of hydrogen-bond donors (Lipinski definition) is 1. The Labute approximate surface area is 127 Å². The molecular weight excluding hydrogens is 320 g/mol. The van der Waals surface area contributed by atoms with Crippen molar-refractivity contribution in [3.63, 3.8) is 0 Å². The van der Waals surface area contributed by atoms with Crippen LogP contribution in [0.5, 0.6) is 0 Å². The van der Waals surface area contributed by atoms with Gasteiger partial charge in [-0.1, -0.05) is 0 Å². The molecule has 6 heteroatoms. The Morgan fingerprint density at radius 2 is 2.10 bits per heavy atom. The van der Waals surface area contributed by atoms with Crippen molar-refractivity contribution >= 4 is 21.6 Å². The molecule has 20 heavy (non-hydrogen) atoms. The minimum Gasteiger partial charge on any atom is -0.366 e. The zero-order chi connectivity index (χ0) is 14.1. The van der Waals surface area contributed by atoms with E-state index in [0.29, 0.717) is 16.4 Å². The fourth-order valence-electron chi connectivity index (χ4n) is 2.88. The topological polar surface area (TPSA) is 50.2 Å². The summed E-state index contributed by atoms with van der Waals surface area (Å²) in [4.78, 5) is 14.4. The van der Waals surface area contributed by atoms with E-state index in [1.54, 1.807) is 7.05 Å². The minimum atomic E-state index is -0.0570. The molecule has 1 N–H and O–H groups in total. The van der Waals surface area contributed by atoms with Crippen LogP contribution in [0.25, 0.3) is 0 Å². The predicted octanol–water partition coefficient (Wildman–Crippen LogP) is 1.51. The second-order valence-corrected chi connectivity index (χ2v) is 6.64. The minimum absolute atomic E-state index is 0.0570. The van der Waals surface area contributed by atoms with E-state index in [2.05, 4.69) is 31.2 Å². The monoisotopic (exact) mass is 340 g/mol. The molecule has 0 atom stereocenters. The zero-order valence-electron chi connectivity index (χ0n) is 11.8. The molecule has 1 aromatic rings. The average Bonchev–Trinajstić information content (AvgIpc) is 3.29. The molecule has 2 aliphatic rings. The lowest BCUT2D eigenvalue weighted by Gasteiger charge is -2.32. The molecule has 110 valence electrons. The molecule has 2 heterocycles. The number of halogens is 1. The normalized spacial score (nSPS) is 20.1. The quantitative estimate of drug-likeness (QED) is 0.902. The van der Waals surface area contributed by atoms with E-state index in [4.69, 9.17) is 0 Å². The lowest BCUT2D eigenvalue weighted by atomic mass is 9.97. The summed E-state index contributed by atoms with van der Waals surface area (Å²) in [5, 5.41) is 7.59. The van der Waals surface area contributed by atoms with Crippen molar-refractivity contribution in [2.75, 3.05) is 24.5 Å². The molecule has 1 aliphatic heterocycles. The van der Waals surface area contributed by atoms with Crippen LogP contribution in [0, 0.1) is 5.92 Å². The van der Waals surface area contributed by atoms with Crippen LogP contribution in [0.1, 0.15) is 25.7 Å². The summed E-state index contributed by atoms with van der Waals surface area (Å²) >= 11 is 3.47. The molecule has 0 bridgehead atoms. The van der Waals surface area contributed by atoms with E-state index in [1.165, 1.54) is 30.4 Å². The number of piperidine rings is 1. The number of aromatic nitrogens is 2. The Balaban J connectivity index is 1.83. The van der Waals surface area contributed by atoms with Crippen LogP contribution in [0.15, 0.2) is 15.5 Å². The first-order chi connectivity index (χ1) is 9.66. The number of anilines is 1. The molecule has 0 aromatic carbocycles. The lowest BCUT2D eigenvalue weighted by molar-refractivity contribution is 0.372. The standard InChI is InChI=1S/C14H21BrN4O/c1-18-14(20)13(15)12(8-17-18)19(11-2-3-11)9-10-4-6-16-7-5-10/h8,10-11,16H,2-7,9H2,1H3. The van der Waals surface area contributed by atoms with Gasteiger partial charge in [0.05, 0.1) is 11.9 Å². The summed E-state index contributed by atoms with van der Waals surface area (Å²) in [6.45, 7) is 3.26. The van der Waals surface area contributed by atoms with E-state index in [-0.39, 0.29) is 5.56 Å². The van der Waals surface area contributed by atoms with Crippen molar-refractivity contribution in [3.05, 3.63) is 21.0 Å². The van der Waals surface area contributed by atoms with E-state index in [0.717, 1.165) is 25.3 Å². The zero-order valence-corrected chi connectivity index (χ0v) is 13.4. The van der Waals surface area contributed by atoms with Gasteiger partial charge in [-0.3, -0.25) is 4.79 Å². The van der Waals surface area contributed by atoms with Crippen molar-refractivity contribution < 1.29 is 0 Å². The van der Waals surface area contributed by atoms with E-state index >= 15 is 0 Å². The molecule has 2 fully saturated rings. The second kappa shape index (κ2) is 5.85. The molecule has 1 aromatic heterocycles. The maximum Gasteiger partial charge on any atom is 0.282 e. The van der Waals surface area contributed by atoms with Gasteiger partial charge in [0.2, 0.25) is 0 Å². The van der Waals surface area contributed by atoms with Gasteiger partial charge in [-0.15, -0.1) is 0 Å². The van der Waals surface area contributed by atoms with Gasteiger partial charge >= 0.3 is 0 Å². The van der Waals surface area contributed by atoms with Crippen molar-refractivity contribution in [2.24, 2.45) is 13.0 Å². The highest BCUT2D eigenvalue weighted by molar-refractivity contribution is 9.10. The van der Waals surface area contributed by atoms with Crippen molar-refractivity contribution in [2.45, 2.75) is 31.7 Å². The Kier molecular flexibility index (Phi) is 4.12. The molecule has 1 aliphatic carbocycles. The first kappa shape index (κ1) is 14.1. The highest BCUT2D eigenvalue weighted by atomic mass is 79.9. The Hall–Kier alpha value is -0.880. The molecular formula is C14H21BrN4O. The first-order valence-electron chi connectivity index (χ1n) is 7.36. The summed E-state index contributed by atoms with van der Waals surface area (Å²) in [5.41, 5.74) is 0.910. The lowest BCUT2D eigenvalue weighted by Crippen LogP contribution is -2.38. The number of nitrogens with one attached hydrogen (secondary N) is 1. The first-order valence-corrected chi connectivity index (χ1v) is 8.15. The second-order valence-electron chi connectivity index (χ2n) is 5.85. The molecule has 3 rings (SSSR count). The van der Waals surface area contributed by atoms with Gasteiger partial charge in [-0.25, -0.2) is 4.68 Å². The fourth-order valence-corrected chi connectivity index (χ4v) is 3.46.